The number of benzene rings is 1. The first-order chi connectivity index (χ1) is 10.2. The van der Waals surface area contributed by atoms with E-state index in [1.807, 2.05) is 0 Å². The maximum atomic E-state index is 12.7. The number of thioether (sulfide) groups is 1. The zero-order valence-corrected chi connectivity index (χ0v) is 12.8. The first kappa shape index (κ1) is 15.7. The number of carbonyl (C=O) groups is 1. The summed E-state index contributed by atoms with van der Waals surface area (Å²) in [5.41, 5.74) is 0.494. The van der Waals surface area contributed by atoms with Gasteiger partial charge in [0.15, 0.2) is 4.34 Å². The maximum Gasteiger partial charge on any atom is 0.325 e. The summed E-state index contributed by atoms with van der Waals surface area (Å²) in [4.78, 5) is 11.7. The van der Waals surface area contributed by atoms with Crippen LogP contribution in [0.4, 0.5) is 20.0 Å². The summed E-state index contributed by atoms with van der Waals surface area (Å²) in [7, 11) is 1.63. The molecule has 0 aliphatic rings. The van der Waals surface area contributed by atoms with Crippen LogP contribution < -0.4 is 10.6 Å². The van der Waals surface area contributed by atoms with Crippen molar-refractivity contribution in [1.29, 1.82) is 0 Å². The number of nitrogens with one attached hydrogen (secondary N) is 2. The van der Waals surface area contributed by atoms with E-state index in [2.05, 4.69) is 20.8 Å². The van der Waals surface area contributed by atoms with Crippen LogP contribution in [0.5, 0.6) is 0 Å². The minimum absolute atomic E-state index is 0.359. The third-order valence-corrected chi connectivity index (χ3v) is 4.18. The molecule has 2 aromatic rings. The highest BCUT2D eigenvalue weighted by atomic mass is 32.2. The Balaban J connectivity index is 1.83. The van der Waals surface area contributed by atoms with E-state index in [9.17, 15) is 9.18 Å². The van der Waals surface area contributed by atoms with E-state index in [-0.39, 0.29) is 5.82 Å². The number of carbonyl (C=O) groups excluding carboxylic acids is 1. The maximum absolute atomic E-state index is 12.7. The van der Waals surface area contributed by atoms with Crippen LogP contribution in [0.25, 0.3) is 0 Å². The van der Waals surface area contributed by atoms with Gasteiger partial charge in [0, 0.05) is 18.6 Å². The van der Waals surface area contributed by atoms with Crippen LogP contribution in [-0.2, 0) is 4.74 Å². The molecule has 2 amide bonds. The Morgan fingerprint density at radius 2 is 2.10 bits per heavy atom. The van der Waals surface area contributed by atoms with Gasteiger partial charge in [0.05, 0.1) is 6.61 Å². The lowest BCUT2D eigenvalue weighted by atomic mass is 10.3. The van der Waals surface area contributed by atoms with Crippen molar-refractivity contribution in [3.63, 3.8) is 0 Å². The standard InChI is InChI=1S/C12H13FN4O2S2/c1-19-6-7-20-12-17-16-11(21-12)15-10(18)14-9-4-2-8(13)3-5-9/h2-5H,6-7H2,1H3,(H2,14,15,16,18). The minimum atomic E-state index is -0.453. The molecule has 2 rings (SSSR count). The second kappa shape index (κ2) is 7.91. The van der Waals surface area contributed by atoms with Crippen LogP contribution in [0.15, 0.2) is 28.6 Å². The number of halogens is 1. The highest BCUT2D eigenvalue weighted by Crippen LogP contribution is 2.25. The molecular weight excluding hydrogens is 315 g/mol. The quantitative estimate of drug-likeness (QED) is 0.484. The van der Waals surface area contributed by atoms with Crippen molar-refractivity contribution in [2.24, 2.45) is 0 Å². The molecule has 6 nitrogen and oxygen atoms in total. The van der Waals surface area contributed by atoms with Gasteiger partial charge in [-0.2, -0.15) is 0 Å². The predicted molar refractivity (Wildman–Crippen MR) is 81.6 cm³/mol. The van der Waals surface area contributed by atoms with Gasteiger partial charge in [0.25, 0.3) is 0 Å². The van der Waals surface area contributed by atoms with Gasteiger partial charge in [-0.05, 0) is 24.3 Å². The lowest BCUT2D eigenvalue weighted by molar-refractivity contribution is 0.218. The van der Waals surface area contributed by atoms with Gasteiger partial charge in [-0.25, -0.2) is 9.18 Å². The largest absolute Gasteiger partial charge is 0.384 e. The van der Waals surface area contributed by atoms with E-state index < -0.39 is 6.03 Å². The van der Waals surface area contributed by atoms with Gasteiger partial charge < -0.3 is 10.1 Å². The fraction of sp³-hybridized carbons (Fsp3) is 0.250. The van der Waals surface area contributed by atoms with E-state index in [0.717, 1.165) is 10.1 Å². The summed E-state index contributed by atoms with van der Waals surface area (Å²) in [6.07, 6.45) is 0. The van der Waals surface area contributed by atoms with Crippen molar-refractivity contribution >= 4 is 39.9 Å². The van der Waals surface area contributed by atoms with Crippen LogP contribution >= 0.6 is 23.1 Å². The summed E-state index contributed by atoms with van der Waals surface area (Å²) < 4.78 is 18.4. The Labute approximate surface area is 129 Å². The highest BCUT2D eigenvalue weighted by Gasteiger charge is 2.08. The molecule has 0 aliphatic carbocycles. The SMILES string of the molecule is COCCSc1nnc(NC(=O)Nc2ccc(F)cc2)s1. The number of nitrogens with zero attached hydrogens (tertiary/aromatic N) is 2. The summed E-state index contributed by atoms with van der Waals surface area (Å²) in [5.74, 6) is 0.412. The summed E-state index contributed by atoms with van der Waals surface area (Å²) in [6.45, 7) is 0.623. The molecule has 21 heavy (non-hydrogen) atoms. The lowest BCUT2D eigenvalue weighted by Crippen LogP contribution is -2.19. The van der Waals surface area contributed by atoms with Gasteiger partial charge in [0.2, 0.25) is 5.13 Å². The second-order valence-electron chi connectivity index (χ2n) is 3.80. The van der Waals surface area contributed by atoms with Crippen LogP contribution in [0.3, 0.4) is 0 Å². The molecule has 0 spiro atoms. The van der Waals surface area contributed by atoms with Gasteiger partial charge in [-0.3, -0.25) is 5.32 Å². The summed E-state index contributed by atoms with van der Waals surface area (Å²) >= 11 is 2.78. The van der Waals surface area contributed by atoms with E-state index in [1.54, 1.807) is 7.11 Å². The molecule has 0 fully saturated rings. The lowest BCUT2D eigenvalue weighted by Gasteiger charge is -2.04. The monoisotopic (exact) mass is 328 g/mol. The minimum Gasteiger partial charge on any atom is -0.384 e. The second-order valence-corrected chi connectivity index (χ2v) is 6.12. The summed E-state index contributed by atoms with van der Waals surface area (Å²) in [6, 6.07) is 5.03. The van der Waals surface area contributed by atoms with Crippen molar-refractivity contribution in [3.05, 3.63) is 30.1 Å². The van der Waals surface area contributed by atoms with E-state index >= 15 is 0 Å². The smallest absolute Gasteiger partial charge is 0.325 e. The van der Waals surface area contributed by atoms with Crippen molar-refractivity contribution < 1.29 is 13.9 Å². The topological polar surface area (TPSA) is 76.1 Å². The van der Waals surface area contributed by atoms with Crippen molar-refractivity contribution in [2.45, 2.75) is 4.34 Å². The van der Waals surface area contributed by atoms with Crippen molar-refractivity contribution in [1.82, 2.24) is 10.2 Å². The average molecular weight is 328 g/mol. The van der Waals surface area contributed by atoms with Crippen LogP contribution in [-0.4, -0.2) is 35.7 Å². The number of hydrogen-bond acceptors (Lipinski definition) is 6. The molecule has 0 saturated heterocycles. The van der Waals surface area contributed by atoms with Crippen molar-refractivity contribution in [3.8, 4) is 0 Å². The predicted octanol–water partition coefficient (Wildman–Crippen LogP) is 3.06. The zero-order valence-electron chi connectivity index (χ0n) is 11.1. The number of urea groups is 1. The average Bonchev–Trinajstić information content (AvgIpc) is 2.89. The number of ether oxygens (including phenoxy) is 1. The molecule has 0 atom stereocenters. The number of aromatic nitrogens is 2. The molecule has 0 aliphatic heterocycles. The normalized spacial score (nSPS) is 10.4. The Bertz CT molecular complexity index is 591. The molecule has 1 aromatic carbocycles. The molecule has 2 N–H and O–H groups in total. The molecule has 1 heterocycles. The number of hydrogen-bond donors (Lipinski definition) is 2. The third kappa shape index (κ3) is 5.29. The van der Waals surface area contributed by atoms with Crippen LogP contribution in [0.2, 0.25) is 0 Å². The number of rotatable bonds is 6. The zero-order chi connectivity index (χ0) is 15.1. The summed E-state index contributed by atoms with van der Waals surface area (Å²) in [5, 5.41) is 13.4. The van der Waals surface area contributed by atoms with Gasteiger partial charge in [-0.1, -0.05) is 23.1 Å². The molecule has 9 heteroatoms. The van der Waals surface area contributed by atoms with Gasteiger partial charge >= 0.3 is 6.03 Å². The number of anilines is 2. The van der Waals surface area contributed by atoms with E-state index in [1.165, 1.54) is 47.4 Å². The Morgan fingerprint density at radius 3 is 2.81 bits per heavy atom. The Morgan fingerprint density at radius 1 is 1.33 bits per heavy atom. The van der Waals surface area contributed by atoms with E-state index in [0.29, 0.717) is 17.4 Å². The molecule has 1 aromatic heterocycles. The highest BCUT2D eigenvalue weighted by molar-refractivity contribution is 8.01. The van der Waals surface area contributed by atoms with Crippen molar-refractivity contribution in [2.75, 3.05) is 30.1 Å². The van der Waals surface area contributed by atoms with E-state index in [4.69, 9.17) is 4.74 Å². The fourth-order valence-electron chi connectivity index (χ4n) is 1.32. The fourth-order valence-corrected chi connectivity index (χ4v) is 3.04. The van der Waals surface area contributed by atoms with Crippen LogP contribution in [0.1, 0.15) is 0 Å². The molecule has 0 bridgehead atoms. The number of methoxy groups -OCH3 is 1. The molecule has 0 unspecified atom stereocenters. The molecule has 112 valence electrons. The van der Waals surface area contributed by atoms with Gasteiger partial charge in [0.1, 0.15) is 5.82 Å². The molecular formula is C12H13FN4O2S2. The number of amides is 2. The molecule has 0 radical (unpaired) electrons. The first-order valence-corrected chi connectivity index (χ1v) is 7.76. The van der Waals surface area contributed by atoms with Crippen LogP contribution in [0, 0.1) is 5.82 Å². The molecule has 0 saturated carbocycles. The first-order valence-electron chi connectivity index (χ1n) is 5.96. The van der Waals surface area contributed by atoms with Gasteiger partial charge in [-0.15, -0.1) is 10.2 Å². The third-order valence-electron chi connectivity index (χ3n) is 2.24. The Kier molecular flexibility index (Phi) is 5.90. The Hall–Kier alpha value is -1.71.